The maximum absolute atomic E-state index is 11.6. The summed E-state index contributed by atoms with van der Waals surface area (Å²) >= 11 is 0. The van der Waals surface area contributed by atoms with Crippen LogP contribution in [0.15, 0.2) is 0 Å². The fourth-order valence-electron chi connectivity index (χ4n) is 2.19. The summed E-state index contributed by atoms with van der Waals surface area (Å²) < 4.78 is 0. The number of rotatable bonds is 7. The maximum atomic E-state index is 11.6. The van der Waals surface area contributed by atoms with E-state index in [1.807, 2.05) is 6.92 Å². The molecule has 0 bridgehead atoms. The van der Waals surface area contributed by atoms with E-state index in [1.165, 1.54) is 25.9 Å². The van der Waals surface area contributed by atoms with Crippen LogP contribution < -0.4 is 5.32 Å². The Morgan fingerprint density at radius 3 is 2.76 bits per heavy atom. The second-order valence-corrected chi connectivity index (χ2v) is 4.66. The van der Waals surface area contributed by atoms with Crippen molar-refractivity contribution in [3.63, 3.8) is 0 Å². The molecule has 1 unspecified atom stereocenters. The standard InChI is InChI=1S/C13H23N3O/c1-2-6-12(11-14)13(17)15-7-5-10-16-8-3-4-9-16/h12H,2-10H2,1H3,(H,15,17). The van der Waals surface area contributed by atoms with Gasteiger partial charge in [-0.3, -0.25) is 4.79 Å². The molecule has 0 saturated carbocycles. The maximum Gasteiger partial charge on any atom is 0.237 e. The Bertz CT molecular complexity index is 266. The molecule has 1 fully saturated rings. The number of hydrogen-bond donors (Lipinski definition) is 1. The summed E-state index contributed by atoms with van der Waals surface area (Å²) in [5.41, 5.74) is 0. The third kappa shape index (κ3) is 5.18. The highest BCUT2D eigenvalue weighted by Gasteiger charge is 2.16. The van der Waals surface area contributed by atoms with E-state index in [0.29, 0.717) is 13.0 Å². The second-order valence-electron chi connectivity index (χ2n) is 4.66. The first-order chi connectivity index (χ1) is 8.27. The highest BCUT2D eigenvalue weighted by molar-refractivity contribution is 5.80. The van der Waals surface area contributed by atoms with Gasteiger partial charge in [0.2, 0.25) is 5.91 Å². The van der Waals surface area contributed by atoms with Gasteiger partial charge in [0.25, 0.3) is 0 Å². The van der Waals surface area contributed by atoms with Crippen LogP contribution in [0.4, 0.5) is 0 Å². The minimum absolute atomic E-state index is 0.101. The lowest BCUT2D eigenvalue weighted by Gasteiger charge is -2.15. The SMILES string of the molecule is CCCC(C#N)C(=O)NCCCN1CCCC1. The fraction of sp³-hybridized carbons (Fsp3) is 0.846. The van der Waals surface area contributed by atoms with Gasteiger partial charge in [-0.2, -0.15) is 5.26 Å². The summed E-state index contributed by atoms with van der Waals surface area (Å²) in [6, 6.07) is 2.06. The topological polar surface area (TPSA) is 56.1 Å². The van der Waals surface area contributed by atoms with Gasteiger partial charge in [-0.05, 0) is 45.3 Å². The predicted molar refractivity (Wildman–Crippen MR) is 67.3 cm³/mol. The Balaban J connectivity index is 2.08. The molecule has 0 aromatic heterocycles. The lowest BCUT2D eigenvalue weighted by Crippen LogP contribution is -2.32. The third-order valence-electron chi connectivity index (χ3n) is 3.20. The molecule has 0 radical (unpaired) electrons. The van der Waals surface area contributed by atoms with Gasteiger partial charge < -0.3 is 10.2 Å². The zero-order chi connectivity index (χ0) is 12.5. The Hall–Kier alpha value is -1.08. The second kappa shape index (κ2) is 8.08. The van der Waals surface area contributed by atoms with Crippen molar-refractivity contribution < 1.29 is 4.79 Å². The van der Waals surface area contributed by atoms with Crippen molar-refractivity contribution in [2.45, 2.75) is 39.0 Å². The lowest BCUT2D eigenvalue weighted by molar-refractivity contribution is -0.123. The quantitative estimate of drug-likeness (QED) is 0.683. The van der Waals surface area contributed by atoms with Crippen LogP contribution in [0.1, 0.15) is 39.0 Å². The zero-order valence-corrected chi connectivity index (χ0v) is 10.7. The molecule has 1 heterocycles. The molecule has 1 saturated heterocycles. The Morgan fingerprint density at radius 2 is 2.18 bits per heavy atom. The van der Waals surface area contributed by atoms with Crippen molar-refractivity contribution in [3.8, 4) is 6.07 Å². The van der Waals surface area contributed by atoms with Crippen LogP contribution in [0, 0.1) is 17.2 Å². The Labute approximate surface area is 104 Å². The van der Waals surface area contributed by atoms with Crippen LogP contribution >= 0.6 is 0 Å². The summed E-state index contributed by atoms with van der Waals surface area (Å²) in [5, 5.41) is 11.7. The molecule has 1 aliphatic rings. The van der Waals surface area contributed by atoms with Crippen molar-refractivity contribution in [1.29, 1.82) is 5.26 Å². The van der Waals surface area contributed by atoms with Crippen molar-refractivity contribution in [2.24, 2.45) is 5.92 Å². The molecule has 17 heavy (non-hydrogen) atoms. The van der Waals surface area contributed by atoms with Crippen LogP contribution in [0.2, 0.25) is 0 Å². The number of nitrogens with one attached hydrogen (secondary N) is 1. The molecular weight excluding hydrogens is 214 g/mol. The van der Waals surface area contributed by atoms with Gasteiger partial charge in [-0.15, -0.1) is 0 Å². The normalized spacial score (nSPS) is 17.6. The number of nitrogens with zero attached hydrogens (tertiary/aromatic N) is 2. The molecule has 0 aliphatic carbocycles. The molecule has 4 heteroatoms. The first kappa shape index (κ1) is 14.0. The van der Waals surface area contributed by atoms with E-state index in [0.717, 1.165) is 19.4 Å². The van der Waals surface area contributed by atoms with Crippen LogP contribution in [-0.4, -0.2) is 37.0 Å². The summed E-state index contributed by atoms with van der Waals surface area (Å²) in [6.07, 6.45) is 5.13. The van der Waals surface area contributed by atoms with Crippen LogP contribution in [0.5, 0.6) is 0 Å². The summed E-state index contributed by atoms with van der Waals surface area (Å²) in [6.45, 7) is 6.14. The Morgan fingerprint density at radius 1 is 1.47 bits per heavy atom. The van der Waals surface area contributed by atoms with E-state index in [4.69, 9.17) is 5.26 Å². The van der Waals surface area contributed by atoms with E-state index in [1.54, 1.807) is 0 Å². The summed E-state index contributed by atoms with van der Waals surface area (Å²) in [4.78, 5) is 14.0. The van der Waals surface area contributed by atoms with E-state index in [2.05, 4.69) is 16.3 Å². The van der Waals surface area contributed by atoms with Crippen LogP contribution in [0.3, 0.4) is 0 Å². The molecule has 0 aromatic carbocycles. The van der Waals surface area contributed by atoms with Gasteiger partial charge in [0.1, 0.15) is 5.92 Å². The van der Waals surface area contributed by atoms with Crippen molar-refractivity contribution in [3.05, 3.63) is 0 Å². The molecule has 4 nitrogen and oxygen atoms in total. The number of amides is 1. The molecule has 1 atom stereocenters. The number of carbonyl (C=O) groups excluding carboxylic acids is 1. The smallest absolute Gasteiger partial charge is 0.237 e. The van der Waals surface area contributed by atoms with E-state index >= 15 is 0 Å². The number of nitriles is 1. The molecule has 1 rings (SSSR count). The van der Waals surface area contributed by atoms with Gasteiger partial charge in [0.05, 0.1) is 6.07 Å². The first-order valence-corrected chi connectivity index (χ1v) is 6.67. The van der Waals surface area contributed by atoms with Crippen molar-refractivity contribution in [1.82, 2.24) is 10.2 Å². The highest BCUT2D eigenvalue weighted by atomic mass is 16.1. The van der Waals surface area contributed by atoms with E-state index in [9.17, 15) is 4.79 Å². The minimum atomic E-state index is -0.466. The number of likely N-dealkylation sites (tertiary alicyclic amines) is 1. The molecule has 1 aliphatic heterocycles. The van der Waals surface area contributed by atoms with Gasteiger partial charge >= 0.3 is 0 Å². The van der Waals surface area contributed by atoms with Crippen LogP contribution in [-0.2, 0) is 4.79 Å². The molecule has 0 aromatic rings. The van der Waals surface area contributed by atoms with Gasteiger partial charge in [-0.25, -0.2) is 0 Å². The summed E-state index contributed by atoms with van der Waals surface area (Å²) in [5.74, 6) is -0.567. The molecule has 0 spiro atoms. The first-order valence-electron chi connectivity index (χ1n) is 6.67. The largest absolute Gasteiger partial charge is 0.355 e. The monoisotopic (exact) mass is 237 g/mol. The van der Waals surface area contributed by atoms with Gasteiger partial charge in [-0.1, -0.05) is 13.3 Å². The molecular formula is C13H23N3O. The average molecular weight is 237 g/mol. The number of carbonyl (C=O) groups is 1. The fourth-order valence-corrected chi connectivity index (χ4v) is 2.19. The molecule has 1 N–H and O–H groups in total. The van der Waals surface area contributed by atoms with Gasteiger partial charge in [0.15, 0.2) is 0 Å². The predicted octanol–water partition coefficient (Wildman–Crippen LogP) is 1.53. The third-order valence-corrected chi connectivity index (χ3v) is 3.20. The number of hydrogen-bond acceptors (Lipinski definition) is 3. The minimum Gasteiger partial charge on any atom is -0.355 e. The highest BCUT2D eigenvalue weighted by Crippen LogP contribution is 2.07. The van der Waals surface area contributed by atoms with Crippen molar-refractivity contribution >= 4 is 5.91 Å². The van der Waals surface area contributed by atoms with Crippen molar-refractivity contribution in [2.75, 3.05) is 26.2 Å². The van der Waals surface area contributed by atoms with E-state index in [-0.39, 0.29) is 5.91 Å². The van der Waals surface area contributed by atoms with E-state index < -0.39 is 5.92 Å². The molecule has 96 valence electrons. The lowest BCUT2D eigenvalue weighted by atomic mass is 10.1. The Kier molecular flexibility index (Phi) is 6.64. The van der Waals surface area contributed by atoms with Gasteiger partial charge in [0, 0.05) is 6.54 Å². The molecule has 1 amide bonds. The zero-order valence-electron chi connectivity index (χ0n) is 10.7. The van der Waals surface area contributed by atoms with Crippen LogP contribution in [0.25, 0.3) is 0 Å². The summed E-state index contributed by atoms with van der Waals surface area (Å²) in [7, 11) is 0. The average Bonchev–Trinajstić information content (AvgIpc) is 2.84.